The van der Waals surface area contributed by atoms with Crippen molar-refractivity contribution in [3.05, 3.63) is 153 Å². The molecule has 4 aliphatic carbocycles. The summed E-state index contributed by atoms with van der Waals surface area (Å²) in [6.45, 7) is 7.10. The van der Waals surface area contributed by atoms with Crippen LogP contribution >= 0.6 is 0 Å². The van der Waals surface area contributed by atoms with E-state index in [1.807, 2.05) is 0 Å². The van der Waals surface area contributed by atoms with Crippen LogP contribution in [0.15, 0.2) is 109 Å². The van der Waals surface area contributed by atoms with Crippen molar-refractivity contribution in [1.29, 1.82) is 0 Å². The lowest BCUT2D eigenvalue weighted by Gasteiger charge is -2.33. The van der Waals surface area contributed by atoms with Crippen LogP contribution in [-0.2, 0) is 17.3 Å². The molecule has 3 heteroatoms. The fourth-order valence-electron chi connectivity index (χ4n) is 10.6. The van der Waals surface area contributed by atoms with Gasteiger partial charge in [-0.2, -0.15) is 0 Å². The van der Waals surface area contributed by atoms with E-state index in [2.05, 4.69) is 133 Å². The summed E-state index contributed by atoms with van der Waals surface area (Å²) in [5.41, 5.74) is 21.0. The minimum absolute atomic E-state index is 0.139. The Morgan fingerprint density at radius 2 is 1.45 bits per heavy atom. The zero-order valence-electron chi connectivity index (χ0n) is 26.6. The van der Waals surface area contributed by atoms with Gasteiger partial charge in [0.15, 0.2) is 0 Å². The van der Waals surface area contributed by atoms with Crippen molar-refractivity contribution in [3.63, 3.8) is 0 Å². The number of nitrogens with zero attached hydrogens (tertiary/aromatic N) is 3. The van der Waals surface area contributed by atoms with Gasteiger partial charge in [0.25, 0.3) is 0 Å². The number of pyridine rings is 1. The lowest BCUT2D eigenvalue weighted by Crippen LogP contribution is -2.30. The maximum Gasteiger partial charge on any atom is 0.137 e. The van der Waals surface area contributed by atoms with Crippen LogP contribution < -0.4 is 0 Å². The average molecular weight is 604 g/mol. The molecule has 2 unspecified atom stereocenters. The van der Waals surface area contributed by atoms with Crippen molar-refractivity contribution in [2.75, 3.05) is 13.1 Å². The van der Waals surface area contributed by atoms with Gasteiger partial charge in [-0.25, -0.2) is 4.98 Å². The molecule has 12 rings (SSSR count). The van der Waals surface area contributed by atoms with Crippen LogP contribution in [0.2, 0.25) is 0 Å². The number of hydrogen-bond donors (Lipinski definition) is 0. The zero-order valence-corrected chi connectivity index (χ0v) is 26.6. The molecule has 6 aliphatic rings. The molecular formula is C44H33N3. The molecule has 1 fully saturated rings. The monoisotopic (exact) mass is 603 g/mol. The largest absolute Gasteiger partial charge is 0.294 e. The van der Waals surface area contributed by atoms with E-state index in [0.29, 0.717) is 6.04 Å². The smallest absolute Gasteiger partial charge is 0.137 e. The third-order valence-electron chi connectivity index (χ3n) is 12.6. The number of fused-ring (bicyclic) bond motifs is 17. The number of allylic oxidation sites excluding steroid dienone is 1. The number of hydrogen-bond acceptors (Lipinski definition) is 2. The van der Waals surface area contributed by atoms with E-state index in [9.17, 15) is 0 Å². The summed E-state index contributed by atoms with van der Waals surface area (Å²) in [5.74, 6) is 1.02. The van der Waals surface area contributed by atoms with E-state index in [4.69, 9.17) is 4.98 Å². The molecule has 0 N–H and O–H groups in total. The first-order valence-electron chi connectivity index (χ1n) is 17.2. The Bertz CT molecular complexity index is 2470. The standard InChI is InChI=1S/C44H33N3/c1-43(2)35-19-30-32-23-46-24-40(46)42(32)44(33-15-7-3-11-25(33)26-12-4-8-16-34(26)44)37(30)20-29(35)31-22-45-41(21-36(31)43)47-38-17-9-5-13-27(38)28-14-6-10-18-39(28)47/h3-5,7-13,15-22,40H,6,14,23-24H2,1-2H3. The summed E-state index contributed by atoms with van der Waals surface area (Å²) in [6, 6.07) is 35.4. The topological polar surface area (TPSA) is 20.8 Å². The first-order valence-corrected chi connectivity index (χ1v) is 17.2. The SMILES string of the molecule is CC1(C)c2cc(-n3c4c(c5ccccc53)CCC=C4)ncc2-c2cc3c(cc21)C1=C(C2CN2C1)C31c2ccccc2-c2ccccc21. The Kier molecular flexibility index (Phi) is 4.33. The molecule has 2 aromatic heterocycles. The van der Waals surface area contributed by atoms with Crippen LogP contribution in [0.3, 0.4) is 0 Å². The van der Waals surface area contributed by atoms with Crippen molar-refractivity contribution in [2.24, 2.45) is 0 Å². The van der Waals surface area contributed by atoms with Crippen molar-refractivity contribution < 1.29 is 0 Å². The minimum Gasteiger partial charge on any atom is -0.294 e. The van der Waals surface area contributed by atoms with Crippen LogP contribution in [0, 0.1) is 0 Å². The Hall–Kier alpha value is -4.99. The third kappa shape index (κ3) is 2.77. The van der Waals surface area contributed by atoms with Crippen molar-refractivity contribution in [3.8, 4) is 28.1 Å². The molecule has 0 radical (unpaired) electrons. The minimum atomic E-state index is -0.224. The summed E-state index contributed by atoms with van der Waals surface area (Å²) in [7, 11) is 0. The number of aromatic nitrogens is 2. The van der Waals surface area contributed by atoms with Gasteiger partial charge in [0.2, 0.25) is 0 Å². The predicted molar refractivity (Wildman–Crippen MR) is 190 cm³/mol. The molecule has 224 valence electrons. The summed E-state index contributed by atoms with van der Waals surface area (Å²) in [4.78, 5) is 7.92. The molecule has 0 bridgehead atoms. The zero-order chi connectivity index (χ0) is 30.8. The van der Waals surface area contributed by atoms with Gasteiger partial charge in [-0.15, -0.1) is 0 Å². The summed E-state index contributed by atoms with van der Waals surface area (Å²) in [6.07, 6.45) is 8.98. The molecule has 2 atom stereocenters. The van der Waals surface area contributed by atoms with Gasteiger partial charge in [0.1, 0.15) is 5.82 Å². The van der Waals surface area contributed by atoms with Crippen LogP contribution in [0.25, 0.3) is 50.6 Å². The molecule has 2 aliphatic heterocycles. The van der Waals surface area contributed by atoms with Gasteiger partial charge in [0.05, 0.1) is 16.6 Å². The van der Waals surface area contributed by atoms with E-state index in [1.165, 1.54) is 84.3 Å². The molecule has 0 saturated carbocycles. The molecule has 4 heterocycles. The van der Waals surface area contributed by atoms with Crippen LogP contribution in [0.5, 0.6) is 0 Å². The third-order valence-corrected chi connectivity index (χ3v) is 12.6. The highest BCUT2D eigenvalue weighted by Crippen LogP contribution is 2.67. The first kappa shape index (κ1) is 25.1. The summed E-state index contributed by atoms with van der Waals surface area (Å²) < 4.78 is 2.40. The highest BCUT2D eigenvalue weighted by Gasteiger charge is 2.62. The maximum atomic E-state index is 5.26. The second kappa shape index (κ2) is 8.10. The van der Waals surface area contributed by atoms with Gasteiger partial charge in [-0.3, -0.25) is 9.47 Å². The van der Waals surface area contributed by atoms with Gasteiger partial charge in [0, 0.05) is 41.7 Å². The number of aryl methyl sites for hydroxylation is 1. The van der Waals surface area contributed by atoms with E-state index < -0.39 is 0 Å². The number of rotatable bonds is 1. The fraction of sp³-hybridized carbons (Fsp3) is 0.205. The Balaban J connectivity index is 1.11. The Morgan fingerprint density at radius 3 is 2.28 bits per heavy atom. The molecule has 0 amide bonds. The lowest BCUT2D eigenvalue weighted by atomic mass is 9.68. The van der Waals surface area contributed by atoms with Crippen molar-refractivity contribution in [2.45, 2.75) is 43.6 Å². The van der Waals surface area contributed by atoms with Crippen molar-refractivity contribution >= 4 is 22.6 Å². The Labute approximate surface area is 274 Å². The fourth-order valence-corrected chi connectivity index (χ4v) is 10.6. The molecule has 47 heavy (non-hydrogen) atoms. The van der Waals surface area contributed by atoms with E-state index in [1.54, 1.807) is 11.1 Å². The number of benzene rings is 4. The van der Waals surface area contributed by atoms with Gasteiger partial charge < -0.3 is 0 Å². The van der Waals surface area contributed by atoms with Crippen LogP contribution in [0.1, 0.15) is 64.9 Å². The molecule has 4 aromatic carbocycles. The second-order valence-electron chi connectivity index (χ2n) is 15.0. The highest BCUT2D eigenvalue weighted by atomic mass is 15.3. The van der Waals surface area contributed by atoms with E-state index in [-0.39, 0.29) is 10.8 Å². The quantitative estimate of drug-likeness (QED) is 0.175. The highest BCUT2D eigenvalue weighted by molar-refractivity contribution is 5.99. The summed E-state index contributed by atoms with van der Waals surface area (Å²) >= 11 is 0. The lowest BCUT2D eigenvalue weighted by molar-refractivity contribution is 0.599. The second-order valence-corrected chi connectivity index (χ2v) is 15.0. The molecule has 1 spiro atoms. The normalized spacial score (nSPS) is 22.1. The first-order chi connectivity index (χ1) is 23.1. The van der Waals surface area contributed by atoms with E-state index in [0.717, 1.165) is 25.2 Å². The molecular weight excluding hydrogens is 571 g/mol. The van der Waals surface area contributed by atoms with Crippen LogP contribution in [0.4, 0.5) is 0 Å². The van der Waals surface area contributed by atoms with E-state index >= 15 is 0 Å². The van der Waals surface area contributed by atoms with Gasteiger partial charge in [-0.1, -0.05) is 86.7 Å². The molecule has 3 nitrogen and oxygen atoms in total. The molecule has 1 saturated heterocycles. The predicted octanol–water partition coefficient (Wildman–Crippen LogP) is 9.07. The number of para-hydroxylation sites is 1. The summed E-state index contributed by atoms with van der Waals surface area (Å²) in [5, 5.41) is 1.35. The maximum absolute atomic E-state index is 5.26. The van der Waals surface area contributed by atoms with Gasteiger partial charge in [-0.05, 0) is 110 Å². The average Bonchev–Trinajstić information content (AvgIpc) is 3.34. The Morgan fingerprint density at radius 1 is 0.723 bits per heavy atom. The molecule has 6 aromatic rings. The van der Waals surface area contributed by atoms with Gasteiger partial charge >= 0.3 is 0 Å². The van der Waals surface area contributed by atoms with Crippen molar-refractivity contribution in [1.82, 2.24) is 14.5 Å². The van der Waals surface area contributed by atoms with Crippen LogP contribution in [-0.4, -0.2) is 33.6 Å².